The summed E-state index contributed by atoms with van der Waals surface area (Å²) in [6.07, 6.45) is 3.61. The molecular weight excluding hydrogens is 360 g/mol. The summed E-state index contributed by atoms with van der Waals surface area (Å²) in [5.41, 5.74) is 3.79. The number of ether oxygens (including phenoxy) is 1. The summed E-state index contributed by atoms with van der Waals surface area (Å²) < 4.78 is 5.25. The van der Waals surface area contributed by atoms with Crippen molar-refractivity contribution in [3.05, 3.63) is 48.0 Å². The minimum Gasteiger partial charge on any atom is -0.462 e. The number of hydrogen-bond donors (Lipinski definition) is 1. The zero-order valence-electron chi connectivity index (χ0n) is 14.4. The number of amides is 1. The van der Waals surface area contributed by atoms with Gasteiger partial charge < -0.3 is 10.1 Å². The molecule has 0 radical (unpaired) electrons. The van der Waals surface area contributed by atoms with Gasteiger partial charge in [0.25, 0.3) is 0 Å². The highest BCUT2D eigenvalue weighted by molar-refractivity contribution is 7.14. The predicted octanol–water partition coefficient (Wildman–Crippen LogP) is 4.12. The van der Waals surface area contributed by atoms with Crippen molar-refractivity contribution in [2.24, 2.45) is 5.92 Å². The minimum absolute atomic E-state index is 0.0289. The van der Waals surface area contributed by atoms with Crippen LogP contribution in [-0.4, -0.2) is 22.5 Å². The van der Waals surface area contributed by atoms with Gasteiger partial charge in [0.15, 0.2) is 11.7 Å². The van der Waals surface area contributed by atoms with Crippen LogP contribution in [0, 0.1) is 17.2 Å². The molecule has 6 nitrogen and oxygen atoms in total. The van der Waals surface area contributed by atoms with Gasteiger partial charge in [0.2, 0.25) is 11.8 Å². The Morgan fingerprint density at radius 1 is 1.22 bits per heavy atom. The summed E-state index contributed by atoms with van der Waals surface area (Å²) in [5, 5.41) is 14.1. The van der Waals surface area contributed by atoms with E-state index in [1.807, 2.05) is 41.8 Å². The molecule has 0 spiro atoms. The van der Waals surface area contributed by atoms with E-state index in [9.17, 15) is 4.79 Å². The molecule has 134 valence electrons. The Hall–Kier alpha value is -3.24. The molecule has 2 heterocycles. The van der Waals surface area contributed by atoms with Crippen molar-refractivity contribution in [2.75, 3.05) is 11.9 Å². The first-order valence-corrected chi connectivity index (χ1v) is 9.44. The average Bonchev–Trinajstić information content (AvgIpc) is 3.46. The number of pyridine rings is 1. The molecule has 1 amide bonds. The fourth-order valence-electron chi connectivity index (χ4n) is 2.62. The van der Waals surface area contributed by atoms with E-state index in [1.54, 1.807) is 12.3 Å². The van der Waals surface area contributed by atoms with Gasteiger partial charge in [0, 0.05) is 29.1 Å². The maximum atomic E-state index is 11.8. The van der Waals surface area contributed by atoms with Crippen LogP contribution < -0.4 is 10.1 Å². The summed E-state index contributed by atoms with van der Waals surface area (Å²) in [5.74, 6) is 0.658. The van der Waals surface area contributed by atoms with E-state index in [1.165, 1.54) is 11.3 Å². The van der Waals surface area contributed by atoms with Gasteiger partial charge in [0.05, 0.1) is 5.69 Å². The molecule has 2 aromatic heterocycles. The molecule has 1 N–H and O–H groups in total. The Balaban J connectivity index is 1.48. The lowest BCUT2D eigenvalue weighted by Gasteiger charge is -2.05. The maximum Gasteiger partial charge on any atom is 0.229 e. The lowest BCUT2D eigenvalue weighted by molar-refractivity contribution is -0.117. The highest BCUT2D eigenvalue weighted by atomic mass is 32.1. The van der Waals surface area contributed by atoms with E-state index in [4.69, 9.17) is 10.00 Å². The summed E-state index contributed by atoms with van der Waals surface area (Å²) in [6.45, 7) is -0.0289. The van der Waals surface area contributed by atoms with Gasteiger partial charge >= 0.3 is 0 Å². The maximum absolute atomic E-state index is 11.8. The highest BCUT2D eigenvalue weighted by Crippen LogP contribution is 2.32. The molecule has 0 bridgehead atoms. The normalized spacial score (nSPS) is 13.0. The summed E-state index contributed by atoms with van der Waals surface area (Å²) in [6, 6.07) is 13.6. The van der Waals surface area contributed by atoms with E-state index < -0.39 is 0 Å². The third-order valence-electron chi connectivity index (χ3n) is 4.22. The summed E-state index contributed by atoms with van der Waals surface area (Å²) >= 11 is 1.43. The number of hydrogen-bond acceptors (Lipinski definition) is 6. The van der Waals surface area contributed by atoms with Crippen LogP contribution in [0.3, 0.4) is 0 Å². The van der Waals surface area contributed by atoms with Gasteiger partial charge in [-0.1, -0.05) is 24.3 Å². The number of aromatic nitrogens is 2. The number of nitrogens with one attached hydrogen (secondary N) is 1. The summed E-state index contributed by atoms with van der Waals surface area (Å²) in [7, 11) is 0. The minimum atomic E-state index is -0.0289. The molecule has 3 aromatic rings. The molecule has 0 unspecified atom stereocenters. The van der Waals surface area contributed by atoms with Crippen LogP contribution in [0.5, 0.6) is 5.88 Å². The Morgan fingerprint density at radius 3 is 2.74 bits per heavy atom. The van der Waals surface area contributed by atoms with E-state index in [2.05, 4.69) is 15.3 Å². The average molecular weight is 376 g/mol. The Labute approximate surface area is 160 Å². The Morgan fingerprint density at radius 2 is 2.00 bits per heavy atom. The fraction of sp³-hybridized carbons (Fsp3) is 0.200. The number of carbonyl (C=O) groups excluding carboxylic acids is 1. The van der Waals surface area contributed by atoms with Gasteiger partial charge in [0.1, 0.15) is 6.07 Å². The van der Waals surface area contributed by atoms with Crippen LogP contribution in [0.15, 0.2) is 48.0 Å². The monoisotopic (exact) mass is 376 g/mol. The van der Waals surface area contributed by atoms with Crippen LogP contribution >= 0.6 is 11.3 Å². The number of anilines is 1. The largest absolute Gasteiger partial charge is 0.462 e. The lowest BCUT2D eigenvalue weighted by atomic mass is 10.0. The number of thiazole rings is 1. The molecule has 1 aromatic carbocycles. The molecule has 0 saturated heterocycles. The number of benzene rings is 1. The molecule has 4 rings (SSSR count). The smallest absolute Gasteiger partial charge is 0.229 e. The molecule has 7 heteroatoms. The van der Waals surface area contributed by atoms with Crippen molar-refractivity contribution >= 4 is 22.4 Å². The van der Waals surface area contributed by atoms with Crippen LogP contribution in [0.25, 0.3) is 22.4 Å². The molecular formula is C20H16N4O2S. The quantitative estimate of drug-likeness (QED) is 0.699. The van der Waals surface area contributed by atoms with Gasteiger partial charge in [-0.3, -0.25) is 4.79 Å². The van der Waals surface area contributed by atoms with Gasteiger partial charge in [-0.2, -0.15) is 5.26 Å². The van der Waals surface area contributed by atoms with Crippen molar-refractivity contribution in [2.45, 2.75) is 12.8 Å². The standard InChI is InChI=1S/C20H16N4O2S/c21-8-10-26-18-11-16(7-9-22-18)13-1-3-14(4-2-13)17-12-27-20(23-17)24-19(25)15-5-6-15/h1-4,7,9,11-12,15H,5-6,10H2,(H,23,24,25). The lowest BCUT2D eigenvalue weighted by Crippen LogP contribution is -2.12. The van der Waals surface area contributed by atoms with E-state index in [-0.39, 0.29) is 18.4 Å². The molecule has 1 saturated carbocycles. The van der Waals surface area contributed by atoms with E-state index >= 15 is 0 Å². The molecule has 1 aliphatic carbocycles. The van der Waals surface area contributed by atoms with Crippen LogP contribution in [-0.2, 0) is 4.79 Å². The van der Waals surface area contributed by atoms with Crippen LogP contribution in [0.2, 0.25) is 0 Å². The third kappa shape index (κ3) is 4.13. The SMILES string of the molecule is N#CCOc1cc(-c2ccc(-c3csc(NC(=O)C4CC4)n3)cc2)ccn1. The zero-order valence-corrected chi connectivity index (χ0v) is 15.2. The van der Waals surface area contributed by atoms with Crippen molar-refractivity contribution in [1.29, 1.82) is 5.26 Å². The van der Waals surface area contributed by atoms with Gasteiger partial charge in [-0.05, 0) is 30.0 Å². The molecule has 0 aliphatic heterocycles. The summed E-state index contributed by atoms with van der Waals surface area (Å²) in [4.78, 5) is 20.4. The first-order chi connectivity index (χ1) is 13.2. The first kappa shape index (κ1) is 17.2. The van der Waals surface area contributed by atoms with Crippen molar-refractivity contribution in [3.8, 4) is 34.3 Å². The molecule has 1 fully saturated rings. The second-order valence-electron chi connectivity index (χ2n) is 6.21. The number of nitriles is 1. The van der Waals surface area contributed by atoms with Crippen LogP contribution in [0.1, 0.15) is 12.8 Å². The van der Waals surface area contributed by atoms with Crippen LogP contribution in [0.4, 0.5) is 5.13 Å². The van der Waals surface area contributed by atoms with Crippen molar-refractivity contribution in [3.63, 3.8) is 0 Å². The zero-order chi connectivity index (χ0) is 18.6. The number of carbonyl (C=O) groups is 1. The van der Waals surface area contributed by atoms with Gasteiger partial charge in [-0.15, -0.1) is 11.3 Å². The third-order valence-corrected chi connectivity index (χ3v) is 4.97. The molecule has 0 atom stereocenters. The second kappa shape index (κ2) is 7.56. The first-order valence-electron chi connectivity index (χ1n) is 8.56. The topological polar surface area (TPSA) is 87.9 Å². The molecule has 27 heavy (non-hydrogen) atoms. The van der Waals surface area contributed by atoms with Crippen molar-refractivity contribution < 1.29 is 9.53 Å². The molecule has 1 aliphatic rings. The van der Waals surface area contributed by atoms with Gasteiger partial charge in [-0.25, -0.2) is 9.97 Å². The van der Waals surface area contributed by atoms with E-state index in [0.29, 0.717) is 11.0 Å². The highest BCUT2D eigenvalue weighted by Gasteiger charge is 2.30. The Bertz CT molecular complexity index is 1000. The number of rotatable bonds is 6. The fourth-order valence-corrected chi connectivity index (χ4v) is 3.35. The number of nitrogens with zero attached hydrogens (tertiary/aromatic N) is 3. The predicted molar refractivity (Wildman–Crippen MR) is 103 cm³/mol. The van der Waals surface area contributed by atoms with E-state index in [0.717, 1.165) is 35.2 Å². The Kier molecular flexibility index (Phi) is 4.81. The van der Waals surface area contributed by atoms with Crippen molar-refractivity contribution in [1.82, 2.24) is 9.97 Å². The second-order valence-corrected chi connectivity index (χ2v) is 7.07.